The number of benzene rings is 1. The molecule has 0 N–H and O–H groups in total. The van der Waals surface area contributed by atoms with Gasteiger partial charge in [-0.05, 0) is 48.0 Å². The standard InChI is InChI=1S/C17H21BrN2S2/c1-14-11-21-17(22-12-14,6-8-20-9-7-19-13-20)10-15-2-4-16(18)5-3-15/h2-5,7,9,13-14H,6,8,10-12H2,1H3. The van der Waals surface area contributed by atoms with E-state index in [0.29, 0.717) is 4.08 Å². The third-order valence-electron chi connectivity index (χ3n) is 3.96. The Morgan fingerprint density at radius 2 is 2.00 bits per heavy atom. The molecule has 1 aromatic carbocycles. The molecule has 2 heterocycles. The Morgan fingerprint density at radius 1 is 1.27 bits per heavy atom. The maximum atomic E-state index is 4.16. The number of rotatable bonds is 5. The highest BCUT2D eigenvalue weighted by molar-refractivity contribution is 9.10. The van der Waals surface area contributed by atoms with E-state index in [1.807, 2.05) is 12.5 Å². The predicted octanol–water partition coefficient (Wildman–Crippen LogP) is 5.09. The molecule has 1 saturated heterocycles. The number of aromatic nitrogens is 2. The summed E-state index contributed by atoms with van der Waals surface area (Å²) in [6.45, 7) is 3.41. The molecule has 0 saturated carbocycles. The Labute approximate surface area is 149 Å². The lowest BCUT2D eigenvalue weighted by Crippen LogP contribution is -2.32. The minimum atomic E-state index is 0.296. The molecule has 2 nitrogen and oxygen atoms in total. The fourth-order valence-corrected chi connectivity index (χ4v) is 6.22. The Morgan fingerprint density at radius 3 is 2.64 bits per heavy atom. The molecule has 118 valence electrons. The van der Waals surface area contributed by atoms with E-state index in [0.717, 1.165) is 23.4 Å². The second-order valence-electron chi connectivity index (χ2n) is 5.99. The Hall–Kier alpha value is -0.390. The van der Waals surface area contributed by atoms with Gasteiger partial charge in [0.05, 0.1) is 10.4 Å². The number of halogens is 1. The van der Waals surface area contributed by atoms with Crippen LogP contribution in [0.2, 0.25) is 0 Å². The van der Waals surface area contributed by atoms with E-state index in [9.17, 15) is 0 Å². The predicted molar refractivity (Wildman–Crippen MR) is 102 cm³/mol. The van der Waals surface area contributed by atoms with E-state index < -0.39 is 0 Å². The summed E-state index contributed by atoms with van der Waals surface area (Å²) in [5.41, 5.74) is 1.43. The first-order chi connectivity index (χ1) is 10.7. The average Bonchev–Trinajstić information content (AvgIpc) is 3.04. The third kappa shape index (κ3) is 4.33. The van der Waals surface area contributed by atoms with Crippen LogP contribution < -0.4 is 0 Å². The second kappa shape index (κ2) is 7.45. The van der Waals surface area contributed by atoms with Crippen molar-refractivity contribution < 1.29 is 0 Å². The summed E-state index contributed by atoms with van der Waals surface area (Å²) in [6.07, 6.45) is 8.17. The van der Waals surface area contributed by atoms with Gasteiger partial charge < -0.3 is 4.57 Å². The Kier molecular flexibility index (Phi) is 5.58. The van der Waals surface area contributed by atoms with E-state index in [1.165, 1.54) is 23.5 Å². The normalized spacial score (nSPS) is 25.3. The van der Waals surface area contributed by atoms with Gasteiger partial charge in [-0.25, -0.2) is 4.98 Å². The van der Waals surface area contributed by atoms with Crippen molar-refractivity contribution in [1.29, 1.82) is 0 Å². The number of thioether (sulfide) groups is 2. The summed E-state index contributed by atoms with van der Waals surface area (Å²) in [7, 11) is 0. The van der Waals surface area contributed by atoms with Crippen LogP contribution in [0.1, 0.15) is 18.9 Å². The first-order valence-corrected chi connectivity index (χ1v) is 10.4. The summed E-state index contributed by atoms with van der Waals surface area (Å²) in [4.78, 5) is 4.16. The average molecular weight is 397 g/mol. The van der Waals surface area contributed by atoms with Gasteiger partial charge in [-0.3, -0.25) is 0 Å². The molecule has 1 fully saturated rings. The molecule has 0 unspecified atom stereocenters. The Balaban J connectivity index is 1.72. The van der Waals surface area contributed by atoms with Crippen molar-refractivity contribution in [1.82, 2.24) is 9.55 Å². The van der Waals surface area contributed by atoms with Crippen LogP contribution in [-0.4, -0.2) is 25.1 Å². The third-order valence-corrected chi connectivity index (χ3v) is 8.41. The van der Waals surface area contributed by atoms with Gasteiger partial charge in [-0.15, -0.1) is 23.5 Å². The smallest absolute Gasteiger partial charge is 0.0945 e. The molecule has 0 spiro atoms. The summed E-state index contributed by atoms with van der Waals surface area (Å²) in [6, 6.07) is 8.81. The molecule has 1 aliphatic heterocycles. The van der Waals surface area contributed by atoms with Crippen LogP contribution in [0.4, 0.5) is 0 Å². The number of imidazole rings is 1. The van der Waals surface area contributed by atoms with Gasteiger partial charge >= 0.3 is 0 Å². The van der Waals surface area contributed by atoms with E-state index in [1.54, 1.807) is 0 Å². The summed E-state index contributed by atoms with van der Waals surface area (Å²) >= 11 is 7.84. The monoisotopic (exact) mass is 396 g/mol. The molecule has 5 heteroatoms. The van der Waals surface area contributed by atoms with Crippen LogP contribution in [0.3, 0.4) is 0 Å². The molecular weight excluding hydrogens is 376 g/mol. The number of hydrogen-bond donors (Lipinski definition) is 0. The quantitative estimate of drug-likeness (QED) is 0.700. The Bertz CT molecular complexity index is 575. The van der Waals surface area contributed by atoms with Crippen molar-refractivity contribution in [3.05, 3.63) is 53.0 Å². The van der Waals surface area contributed by atoms with Crippen molar-refractivity contribution in [2.24, 2.45) is 5.92 Å². The highest BCUT2D eigenvalue weighted by Gasteiger charge is 2.35. The van der Waals surface area contributed by atoms with Gasteiger partial charge in [0.2, 0.25) is 0 Å². The van der Waals surface area contributed by atoms with Crippen LogP contribution in [0.25, 0.3) is 0 Å². The van der Waals surface area contributed by atoms with E-state index in [2.05, 4.69) is 86.4 Å². The largest absolute Gasteiger partial charge is 0.337 e. The maximum Gasteiger partial charge on any atom is 0.0945 e. The summed E-state index contributed by atoms with van der Waals surface area (Å²) in [5, 5.41) is 0. The lowest BCUT2D eigenvalue weighted by molar-refractivity contribution is 0.586. The fraction of sp³-hybridized carbons (Fsp3) is 0.471. The fourth-order valence-electron chi connectivity index (χ4n) is 2.64. The van der Waals surface area contributed by atoms with Crippen LogP contribution in [0.5, 0.6) is 0 Å². The molecule has 0 radical (unpaired) electrons. The number of nitrogens with zero attached hydrogens (tertiary/aromatic N) is 2. The van der Waals surface area contributed by atoms with Crippen molar-refractivity contribution in [3.63, 3.8) is 0 Å². The lowest BCUT2D eigenvalue weighted by atomic mass is 10.1. The first kappa shape index (κ1) is 16.5. The molecule has 3 rings (SSSR count). The lowest BCUT2D eigenvalue weighted by Gasteiger charge is -2.38. The molecular formula is C17H21BrN2S2. The molecule has 2 aromatic rings. The van der Waals surface area contributed by atoms with E-state index in [-0.39, 0.29) is 0 Å². The molecule has 1 aliphatic rings. The SMILES string of the molecule is CC1CSC(CCn2ccnc2)(Cc2ccc(Br)cc2)SC1. The zero-order valence-electron chi connectivity index (χ0n) is 12.7. The molecule has 0 aliphatic carbocycles. The van der Waals surface area contributed by atoms with Crippen LogP contribution in [0, 0.1) is 5.92 Å². The van der Waals surface area contributed by atoms with Crippen molar-refractivity contribution >= 4 is 39.5 Å². The molecule has 0 amide bonds. The van der Waals surface area contributed by atoms with Crippen molar-refractivity contribution in [2.75, 3.05) is 11.5 Å². The van der Waals surface area contributed by atoms with Gasteiger partial charge in [0.1, 0.15) is 0 Å². The highest BCUT2D eigenvalue weighted by Crippen LogP contribution is 2.48. The minimum absolute atomic E-state index is 0.296. The van der Waals surface area contributed by atoms with E-state index >= 15 is 0 Å². The molecule has 0 atom stereocenters. The van der Waals surface area contributed by atoms with Crippen LogP contribution in [0.15, 0.2) is 47.5 Å². The zero-order chi connectivity index (χ0) is 15.4. The second-order valence-corrected chi connectivity index (χ2v) is 9.97. The van der Waals surface area contributed by atoms with Gasteiger partial charge in [0.15, 0.2) is 0 Å². The highest BCUT2D eigenvalue weighted by atomic mass is 79.9. The summed E-state index contributed by atoms with van der Waals surface area (Å²) in [5.74, 6) is 3.36. The van der Waals surface area contributed by atoms with Gasteiger partial charge in [-0.1, -0.05) is 35.0 Å². The maximum absolute atomic E-state index is 4.16. The topological polar surface area (TPSA) is 17.8 Å². The number of aryl methyl sites for hydroxylation is 1. The zero-order valence-corrected chi connectivity index (χ0v) is 16.0. The van der Waals surface area contributed by atoms with Gasteiger partial charge in [0, 0.05) is 23.4 Å². The van der Waals surface area contributed by atoms with Gasteiger partial charge in [-0.2, -0.15) is 0 Å². The van der Waals surface area contributed by atoms with Crippen LogP contribution in [-0.2, 0) is 13.0 Å². The number of hydrogen-bond acceptors (Lipinski definition) is 3. The first-order valence-electron chi connectivity index (χ1n) is 7.63. The van der Waals surface area contributed by atoms with E-state index in [4.69, 9.17) is 0 Å². The minimum Gasteiger partial charge on any atom is -0.337 e. The van der Waals surface area contributed by atoms with Gasteiger partial charge in [0.25, 0.3) is 0 Å². The van der Waals surface area contributed by atoms with Crippen LogP contribution >= 0.6 is 39.5 Å². The molecule has 22 heavy (non-hydrogen) atoms. The van der Waals surface area contributed by atoms with Crippen molar-refractivity contribution in [2.45, 2.75) is 30.4 Å². The van der Waals surface area contributed by atoms with Crippen molar-refractivity contribution in [3.8, 4) is 0 Å². The molecule has 1 aromatic heterocycles. The summed E-state index contributed by atoms with van der Waals surface area (Å²) < 4.78 is 3.65. The molecule has 0 bridgehead atoms.